The molecule has 0 aliphatic heterocycles. The summed E-state index contributed by atoms with van der Waals surface area (Å²) in [6.07, 6.45) is 3.13. The molecule has 1 saturated carbocycles. The molecule has 1 fully saturated rings. The van der Waals surface area contributed by atoms with E-state index in [0.29, 0.717) is 12.1 Å². The topological polar surface area (TPSA) is 21.3 Å². The van der Waals surface area contributed by atoms with Crippen molar-refractivity contribution in [1.82, 2.24) is 5.32 Å². The van der Waals surface area contributed by atoms with Gasteiger partial charge in [-0.05, 0) is 25.7 Å². The maximum absolute atomic E-state index is 5.65. The minimum absolute atomic E-state index is 0.369. The van der Waals surface area contributed by atoms with E-state index in [1.165, 1.54) is 12.8 Å². The second kappa shape index (κ2) is 4.83. The van der Waals surface area contributed by atoms with Gasteiger partial charge in [-0.15, -0.1) is 0 Å². The van der Waals surface area contributed by atoms with Gasteiger partial charge in [-0.3, -0.25) is 0 Å². The Balaban J connectivity index is 1.91. The van der Waals surface area contributed by atoms with Gasteiger partial charge in [-0.1, -0.05) is 13.8 Å². The van der Waals surface area contributed by atoms with E-state index in [-0.39, 0.29) is 0 Å². The fraction of sp³-hybridized carbons (Fsp3) is 1.00. The highest BCUT2D eigenvalue weighted by Gasteiger charge is 2.22. The molecule has 0 amide bonds. The Hall–Kier alpha value is -0.0800. The van der Waals surface area contributed by atoms with E-state index in [4.69, 9.17) is 4.74 Å². The van der Waals surface area contributed by atoms with Gasteiger partial charge < -0.3 is 10.1 Å². The van der Waals surface area contributed by atoms with Gasteiger partial charge >= 0.3 is 0 Å². The first-order chi connectivity index (χ1) is 5.68. The lowest BCUT2D eigenvalue weighted by molar-refractivity contribution is 0.0571. The summed E-state index contributed by atoms with van der Waals surface area (Å²) in [4.78, 5) is 0. The van der Waals surface area contributed by atoms with Crippen molar-refractivity contribution in [2.24, 2.45) is 5.92 Å². The van der Waals surface area contributed by atoms with E-state index >= 15 is 0 Å². The molecule has 0 aromatic heterocycles. The lowest BCUT2D eigenvalue weighted by atomic mass is 10.3. The molecule has 1 aliphatic carbocycles. The van der Waals surface area contributed by atoms with Crippen LogP contribution in [-0.4, -0.2) is 25.3 Å². The number of nitrogens with one attached hydrogen (secondary N) is 1. The summed E-state index contributed by atoms with van der Waals surface area (Å²) >= 11 is 0. The van der Waals surface area contributed by atoms with Gasteiger partial charge in [0, 0.05) is 19.2 Å². The van der Waals surface area contributed by atoms with Gasteiger partial charge in [0.25, 0.3) is 0 Å². The van der Waals surface area contributed by atoms with Crippen molar-refractivity contribution in [3.63, 3.8) is 0 Å². The van der Waals surface area contributed by atoms with Crippen LogP contribution in [0.2, 0.25) is 0 Å². The predicted octanol–water partition coefficient (Wildman–Crippen LogP) is 1.80. The summed E-state index contributed by atoms with van der Waals surface area (Å²) in [6.45, 7) is 8.41. The standard InChI is InChI=1S/C10H21NO/c1-8(2)11-6-9(3)12-7-10-4-5-10/h8-11H,4-7H2,1-3H3. The fourth-order valence-electron chi connectivity index (χ4n) is 1.05. The quantitative estimate of drug-likeness (QED) is 0.658. The Labute approximate surface area is 75.7 Å². The molecule has 0 aromatic rings. The zero-order valence-electron chi connectivity index (χ0n) is 8.47. The zero-order valence-corrected chi connectivity index (χ0v) is 8.47. The maximum atomic E-state index is 5.65. The average Bonchev–Trinajstić information content (AvgIpc) is 2.80. The van der Waals surface area contributed by atoms with Crippen LogP contribution < -0.4 is 5.32 Å². The molecule has 72 valence electrons. The predicted molar refractivity (Wildman–Crippen MR) is 51.3 cm³/mol. The van der Waals surface area contributed by atoms with Crippen LogP contribution in [0.3, 0.4) is 0 Å². The molecule has 0 spiro atoms. The van der Waals surface area contributed by atoms with Crippen molar-refractivity contribution in [3.8, 4) is 0 Å². The molecule has 1 N–H and O–H groups in total. The van der Waals surface area contributed by atoms with Crippen molar-refractivity contribution < 1.29 is 4.74 Å². The molecule has 0 bridgehead atoms. The minimum atomic E-state index is 0.369. The molecular formula is C10H21NO. The first-order valence-corrected chi connectivity index (χ1v) is 5.03. The van der Waals surface area contributed by atoms with E-state index in [2.05, 4.69) is 26.1 Å². The molecule has 12 heavy (non-hydrogen) atoms. The maximum Gasteiger partial charge on any atom is 0.0671 e. The highest BCUT2D eigenvalue weighted by Crippen LogP contribution is 2.29. The van der Waals surface area contributed by atoms with Crippen molar-refractivity contribution in [3.05, 3.63) is 0 Å². The second-order valence-corrected chi connectivity index (χ2v) is 4.15. The van der Waals surface area contributed by atoms with Gasteiger partial charge in [0.2, 0.25) is 0 Å². The minimum Gasteiger partial charge on any atom is -0.377 e. The first kappa shape index (κ1) is 10.0. The molecule has 1 aliphatic rings. The first-order valence-electron chi connectivity index (χ1n) is 5.03. The molecule has 1 unspecified atom stereocenters. The van der Waals surface area contributed by atoms with Gasteiger partial charge in [-0.2, -0.15) is 0 Å². The van der Waals surface area contributed by atoms with E-state index in [1.807, 2.05) is 0 Å². The van der Waals surface area contributed by atoms with Crippen LogP contribution in [0.15, 0.2) is 0 Å². The van der Waals surface area contributed by atoms with Crippen molar-refractivity contribution in [1.29, 1.82) is 0 Å². The van der Waals surface area contributed by atoms with E-state index in [1.54, 1.807) is 0 Å². The molecular weight excluding hydrogens is 150 g/mol. The second-order valence-electron chi connectivity index (χ2n) is 4.15. The average molecular weight is 171 g/mol. The lowest BCUT2D eigenvalue weighted by Crippen LogP contribution is -2.32. The Morgan fingerprint density at radius 3 is 2.50 bits per heavy atom. The molecule has 1 rings (SSSR count). The van der Waals surface area contributed by atoms with E-state index in [9.17, 15) is 0 Å². The van der Waals surface area contributed by atoms with Crippen LogP contribution >= 0.6 is 0 Å². The number of ether oxygens (including phenoxy) is 1. The van der Waals surface area contributed by atoms with Crippen LogP contribution in [0.5, 0.6) is 0 Å². The summed E-state index contributed by atoms with van der Waals surface area (Å²) in [5.41, 5.74) is 0. The molecule has 2 nitrogen and oxygen atoms in total. The number of rotatable bonds is 6. The Morgan fingerprint density at radius 1 is 1.33 bits per heavy atom. The molecule has 1 atom stereocenters. The molecule has 2 heteroatoms. The Morgan fingerprint density at radius 2 is 2.00 bits per heavy atom. The number of hydrogen-bond acceptors (Lipinski definition) is 2. The van der Waals surface area contributed by atoms with Crippen LogP contribution in [0.4, 0.5) is 0 Å². The van der Waals surface area contributed by atoms with Gasteiger partial charge in [0.15, 0.2) is 0 Å². The smallest absolute Gasteiger partial charge is 0.0671 e. The molecule has 0 heterocycles. The fourth-order valence-corrected chi connectivity index (χ4v) is 1.05. The summed E-state index contributed by atoms with van der Waals surface area (Å²) < 4.78 is 5.65. The van der Waals surface area contributed by atoms with Gasteiger partial charge in [0.1, 0.15) is 0 Å². The SMILES string of the molecule is CC(C)NCC(C)OCC1CC1. The molecule has 0 radical (unpaired) electrons. The monoisotopic (exact) mass is 171 g/mol. The highest BCUT2D eigenvalue weighted by atomic mass is 16.5. The lowest BCUT2D eigenvalue weighted by Gasteiger charge is -2.15. The summed E-state index contributed by atoms with van der Waals surface area (Å²) in [5.74, 6) is 0.881. The van der Waals surface area contributed by atoms with E-state index < -0.39 is 0 Å². The van der Waals surface area contributed by atoms with Crippen LogP contribution in [0, 0.1) is 5.92 Å². The summed E-state index contributed by atoms with van der Waals surface area (Å²) in [6, 6.07) is 0.567. The van der Waals surface area contributed by atoms with Crippen LogP contribution in [0.25, 0.3) is 0 Å². The highest BCUT2D eigenvalue weighted by molar-refractivity contribution is 4.73. The zero-order chi connectivity index (χ0) is 8.97. The van der Waals surface area contributed by atoms with Crippen molar-refractivity contribution in [2.75, 3.05) is 13.2 Å². The van der Waals surface area contributed by atoms with Gasteiger partial charge in [0.05, 0.1) is 6.10 Å². The van der Waals surface area contributed by atoms with Crippen molar-refractivity contribution >= 4 is 0 Å². The largest absolute Gasteiger partial charge is 0.377 e. The van der Waals surface area contributed by atoms with Crippen LogP contribution in [0.1, 0.15) is 33.6 Å². The summed E-state index contributed by atoms with van der Waals surface area (Å²) in [7, 11) is 0. The third-order valence-electron chi connectivity index (χ3n) is 2.13. The Bertz CT molecular complexity index is 115. The summed E-state index contributed by atoms with van der Waals surface area (Å²) in [5, 5.41) is 3.36. The molecule has 0 saturated heterocycles. The molecule has 0 aromatic carbocycles. The third kappa shape index (κ3) is 4.73. The normalized spacial score (nSPS) is 20.0. The third-order valence-corrected chi connectivity index (χ3v) is 2.13. The van der Waals surface area contributed by atoms with Crippen LogP contribution in [-0.2, 0) is 4.74 Å². The number of hydrogen-bond donors (Lipinski definition) is 1. The Kier molecular flexibility index (Phi) is 4.02. The van der Waals surface area contributed by atoms with Crippen molar-refractivity contribution in [2.45, 2.75) is 45.8 Å². The van der Waals surface area contributed by atoms with E-state index in [0.717, 1.165) is 19.1 Å². The van der Waals surface area contributed by atoms with Gasteiger partial charge in [-0.25, -0.2) is 0 Å².